The van der Waals surface area contributed by atoms with Gasteiger partial charge in [-0.1, -0.05) is 12.1 Å². The molecule has 1 aromatic heterocycles. The van der Waals surface area contributed by atoms with Gasteiger partial charge in [0.15, 0.2) is 0 Å². The van der Waals surface area contributed by atoms with Crippen molar-refractivity contribution in [3.05, 3.63) is 57.3 Å². The van der Waals surface area contributed by atoms with E-state index in [1.54, 1.807) is 12.1 Å². The molecule has 1 heterocycles. The van der Waals surface area contributed by atoms with Crippen LogP contribution in [0.15, 0.2) is 35.7 Å². The standard InChI is InChI=1S/C16H18N2O3S/c1-18(2)10-13-7-8-22-14(13)15(19)17-9-11-3-5-12(6-4-11)16(20)21/h3-8H,9-10H2,1-2H3,(H,17,19)(H,20,21). The molecule has 0 aliphatic heterocycles. The van der Waals surface area contributed by atoms with Crippen LogP contribution < -0.4 is 5.32 Å². The smallest absolute Gasteiger partial charge is 0.335 e. The number of carboxylic acids is 1. The Labute approximate surface area is 133 Å². The lowest BCUT2D eigenvalue weighted by Crippen LogP contribution is -2.24. The maximum atomic E-state index is 12.2. The predicted molar refractivity (Wildman–Crippen MR) is 86.3 cm³/mol. The summed E-state index contributed by atoms with van der Waals surface area (Å²) in [6.07, 6.45) is 0. The highest BCUT2D eigenvalue weighted by Gasteiger charge is 2.13. The lowest BCUT2D eigenvalue weighted by molar-refractivity contribution is 0.0696. The third-order valence-corrected chi connectivity index (χ3v) is 4.05. The number of carbonyl (C=O) groups is 2. The zero-order valence-electron chi connectivity index (χ0n) is 12.5. The lowest BCUT2D eigenvalue weighted by atomic mass is 10.1. The van der Waals surface area contributed by atoms with E-state index in [1.165, 1.54) is 23.5 Å². The van der Waals surface area contributed by atoms with E-state index in [0.717, 1.165) is 22.5 Å². The third kappa shape index (κ3) is 4.16. The minimum absolute atomic E-state index is 0.103. The van der Waals surface area contributed by atoms with Crippen LogP contribution in [0.4, 0.5) is 0 Å². The Bertz CT molecular complexity index is 662. The highest BCUT2D eigenvalue weighted by atomic mass is 32.1. The number of amides is 1. The Morgan fingerprint density at radius 2 is 1.86 bits per heavy atom. The van der Waals surface area contributed by atoms with E-state index in [0.29, 0.717) is 6.54 Å². The minimum Gasteiger partial charge on any atom is -0.478 e. The summed E-state index contributed by atoms with van der Waals surface area (Å²) in [5.74, 6) is -1.06. The maximum absolute atomic E-state index is 12.2. The fourth-order valence-corrected chi connectivity index (χ4v) is 2.86. The van der Waals surface area contributed by atoms with Gasteiger partial charge in [-0.2, -0.15) is 0 Å². The van der Waals surface area contributed by atoms with Gasteiger partial charge in [0.25, 0.3) is 5.91 Å². The monoisotopic (exact) mass is 318 g/mol. The maximum Gasteiger partial charge on any atom is 0.335 e. The Balaban J connectivity index is 1.98. The predicted octanol–water partition coefficient (Wildman–Crippen LogP) is 2.44. The van der Waals surface area contributed by atoms with Crippen LogP contribution in [0.25, 0.3) is 0 Å². The van der Waals surface area contributed by atoms with Crippen LogP contribution in [-0.2, 0) is 13.1 Å². The van der Waals surface area contributed by atoms with Gasteiger partial charge in [0.1, 0.15) is 0 Å². The topological polar surface area (TPSA) is 69.6 Å². The highest BCUT2D eigenvalue weighted by Crippen LogP contribution is 2.18. The number of carbonyl (C=O) groups excluding carboxylic acids is 1. The molecular weight excluding hydrogens is 300 g/mol. The first-order valence-corrected chi connectivity index (χ1v) is 7.67. The molecule has 22 heavy (non-hydrogen) atoms. The van der Waals surface area contributed by atoms with Crippen LogP contribution in [0.3, 0.4) is 0 Å². The van der Waals surface area contributed by atoms with Gasteiger partial charge in [0, 0.05) is 13.1 Å². The summed E-state index contributed by atoms with van der Waals surface area (Å²) in [6.45, 7) is 1.09. The second kappa shape index (κ2) is 7.20. The number of benzene rings is 1. The first-order valence-electron chi connectivity index (χ1n) is 6.79. The number of carboxylic acid groups (broad SMARTS) is 1. The average molecular weight is 318 g/mol. The zero-order valence-corrected chi connectivity index (χ0v) is 13.3. The summed E-state index contributed by atoms with van der Waals surface area (Å²) in [6, 6.07) is 8.44. The Morgan fingerprint density at radius 3 is 2.45 bits per heavy atom. The minimum atomic E-state index is -0.956. The van der Waals surface area contributed by atoms with Crippen molar-refractivity contribution in [3.8, 4) is 0 Å². The van der Waals surface area contributed by atoms with Crippen molar-refractivity contribution in [2.24, 2.45) is 0 Å². The number of rotatable bonds is 6. The molecule has 2 rings (SSSR count). The van der Waals surface area contributed by atoms with Crippen molar-refractivity contribution >= 4 is 23.2 Å². The summed E-state index contributed by atoms with van der Waals surface area (Å²) in [5, 5.41) is 13.6. The lowest BCUT2D eigenvalue weighted by Gasteiger charge is -2.10. The molecule has 1 amide bonds. The normalized spacial score (nSPS) is 10.7. The van der Waals surface area contributed by atoms with Gasteiger partial charge in [-0.3, -0.25) is 4.79 Å². The zero-order chi connectivity index (χ0) is 16.1. The van der Waals surface area contributed by atoms with Crippen molar-refractivity contribution in [1.82, 2.24) is 10.2 Å². The van der Waals surface area contributed by atoms with Crippen LogP contribution >= 0.6 is 11.3 Å². The summed E-state index contributed by atoms with van der Waals surface area (Å²) < 4.78 is 0. The quantitative estimate of drug-likeness (QED) is 0.858. The van der Waals surface area contributed by atoms with E-state index in [4.69, 9.17) is 5.11 Å². The Morgan fingerprint density at radius 1 is 1.18 bits per heavy atom. The molecule has 5 nitrogen and oxygen atoms in total. The van der Waals surface area contributed by atoms with E-state index < -0.39 is 5.97 Å². The molecule has 0 atom stereocenters. The van der Waals surface area contributed by atoms with E-state index in [2.05, 4.69) is 5.32 Å². The molecule has 1 aromatic carbocycles. The molecule has 0 unspecified atom stereocenters. The second-order valence-corrected chi connectivity index (χ2v) is 6.11. The molecule has 2 aromatic rings. The molecule has 116 valence electrons. The molecule has 0 saturated carbocycles. The fourth-order valence-electron chi connectivity index (χ4n) is 2.03. The van der Waals surface area contributed by atoms with Gasteiger partial charge in [0.05, 0.1) is 10.4 Å². The SMILES string of the molecule is CN(C)Cc1ccsc1C(=O)NCc1ccc(C(=O)O)cc1. The molecule has 0 bridgehead atoms. The first kappa shape index (κ1) is 16.2. The van der Waals surface area contributed by atoms with Gasteiger partial charge in [-0.15, -0.1) is 11.3 Å². The van der Waals surface area contributed by atoms with Crippen LogP contribution in [0.2, 0.25) is 0 Å². The van der Waals surface area contributed by atoms with Gasteiger partial charge >= 0.3 is 5.97 Å². The Kier molecular flexibility index (Phi) is 5.30. The third-order valence-electron chi connectivity index (χ3n) is 3.09. The summed E-state index contributed by atoms with van der Waals surface area (Å²) in [4.78, 5) is 25.8. The number of nitrogens with one attached hydrogen (secondary N) is 1. The molecule has 0 aliphatic rings. The number of nitrogens with zero attached hydrogens (tertiary/aromatic N) is 1. The van der Waals surface area contributed by atoms with Crippen molar-refractivity contribution < 1.29 is 14.7 Å². The van der Waals surface area contributed by atoms with E-state index in [9.17, 15) is 9.59 Å². The van der Waals surface area contributed by atoms with Crippen LogP contribution in [0, 0.1) is 0 Å². The number of aromatic carboxylic acids is 1. The van der Waals surface area contributed by atoms with Crippen molar-refractivity contribution in [2.45, 2.75) is 13.1 Å². The molecule has 6 heteroatoms. The number of hydrogen-bond acceptors (Lipinski definition) is 4. The number of thiophene rings is 1. The average Bonchev–Trinajstić information content (AvgIpc) is 2.92. The van der Waals surface area contributed by atoms with Crippen LogP contribution in [0.1, 0.15) is 31.2 Å². The molecule has 0 aliphatic carbocycles. The van der Waals surface area contributed by atoms with E-state index in [-0.39, 0.29) is 11.5 Å². The van der Waals surface area contributed by atoms with Crippen LogP contribution in [-0.4, -0.2) is 36.0 Å². The van der Waals surface area contributed by atoms with Gasteiger partial charge in [0.2, 0.25) is 0 Å². The second-order valence-electron chi connectivity index (χ2n) is 5.20. The number of hydrogen-bond donors (Lipinski definition) is 2. The molecule has 0 fully saturated rings. The highest BCUT2D eigenvalue weighted by molar-refractivity contribution is 7.12. The van der Waals surface area contributed by atoms with Crippen molar-refractivity contribution in [2.75, 3.05) is 14.1 Å². The van der Waals surface area contributed by atoms with Crippen molar-refractivity contribution in [1.29, 1.82) is 0 Å². The van der Waals surface area contributed by atoms with Gasteiger partial charge < -0.3 is 15.3 Å². The molecule has 0 saturated heterocycles. The fraction of sp³-hybridized carbons (Fsp3) is 0.250. The molecule has 0 spiro atoms. The Hall–Kier alpha value is -2.18. The molecule has 0 radical (unpaired) electrons. The molecule has 2 N–H and O–H groups in total. The van der Waals surface area contributed by atoms with Crippen LogP contribution in [0.5, 0.6) is 0 Å². The van der Waals surface area contributed by atoms with Gasteiger partial charge in [-0.25, -0.2) is 4.79 Å². The molecular formula is C16H18N2O3S. The van der Waals surface area contributed by atoms with Crippen molar-refractivity contribution in [3.63, 3.8) is 0 Å². The first-order chi connectivity index (χ1) is 10.5. The largest absolute Gasteiger partial charge is 0.478 e. The van der Waals surface area contributed by atoms with E-state index >= 15 is 0 Å². The van der Waals surface area contributed by atoms with E-state index in [1.807, 2.05) is 30.4 Å². The summed E-state index contributed by atoms with van der Waals surface area (Å²) in [5.41, 5.74) is 2.11. The van der Waals surface area contributed by atoms with Gasteiger partial charge in [-0.05, 0) is 48.8 Å². The summed E-state index contributed by atoms with van der Waals surface area (Å²) in [7, 11) is 3.92. The summed E-state index contributed by atoms with van der Waals surface area (Å²) >= 11 is 1.42.